The molecule has 3 saturated heterocycles. The molecule has 3 fully saturated rings. The van der Waals surface area contributed by atoms with Gasteiger partial charge in [-0.25, -0.2) is 32.5 Å². The van der Waals surface area contributed by atoms with Crippen LogP contribution in [0.15, 0.2) is 42.6 Å². The standard InChI is InChI=1S/C18H22F2N4OS.C17H13ClF2N4OS/c1-23-7-5-12(10-23)24-6-3-2-4-14(24)17(25)22-18-21-16-13(20)8-11(19)9-15(16)26-18;18-14-8-10(3-4-21-14)24-5-1-2-12(24)16(25)23-17-22-15-11(20)6-9(19)7-13(15)26-17/h8-9,12,14H,2-7,10H2,1H3,(H,21,22,25);3-4,6-8,12H,1-2,5H2,(H,22,23,25). The maximum atomic E-state index is 13.8. The first-order valence-corrected chi connectivity index (χ1v) is 19.0. The average molecular weight is 775 g/mol. The zero-order chi connectivity index (χ0) is 36.5. The Morgan fingerprint density at radius 2 is 1.40 bits per heavy atom. The Kier molecular flexibility index (Phi) is 10.9. The third-order valence-corrected chi connectivity index (χ3v) is 11.6. The molecule has 17 heteroatoms. The molecule has 52 heavy (non-hydrogen) atoms. The van der Waals surface area contributed by atoms with Gasteiger partial charge >= 0.3 is 0 Å². The number of pyridine rings is 1. The summed E-state index contributed by atoms with van der Waals surface area (Å²) in [6.45, 7) is 3.68. The van der Waals surface area contributed by atoms with Gasteiger partial charge in [-0.3, -0.25) is 14.5 Å². The van der Waals surface area contributed by atoms with Gasteiger partial charge in [-0.15, -0.1) is 0 Å². The summed E-state index contributed by atoms with van der Waals surface area (Å²) < 4.78 is 55.0. The van der Waals surface area contributed by atoms with Gasteiger partial charge in [0.25, 0.3) is 0 Å². The minimum atomic E-state index is -0.745. The Balaban J connectivity index is 0.000000162. The summed E-state index contributed by atoms with van der Waals surface area (Å²) in [4.78, 5) is 44.3. The molecule has 0 spiro atoms. The Morgan fingerprint density at radius 3 is 2.00 bits per heavy atom. The van der Waals surface area contributed by atoms with Gasteiger partial charge < -0.3 is 20.4 Å². The lowest BCUT2D eigenvalue weighted by molar-refractivity contribution is -0.123. The molecule has 5 aromatic rings. The van der Waals surface area contributed by atoms with E-state index in [9.17, 15) is 27.2 Å². The summed E-state index contributed by atoms with van der Waals surface area (Å²) in [5.41, 5.74) is 0.973. The fraction of sp³-hybridized carbons (Fsp3) is 0.400. The number of carbonyl (C=O) groups excluding carboxylic acids is 2. The number of carbonyl (C=O) groups is 2. The SMILES string of the molecule is CN1CCC(N2CCCCC2C(=O)Nc2nc3c(F)cc(F)cc3s2)C1.O=C(Nc1nc2c(F)cc(F)cc2s1)C1CCCN1c1ccnc(Cl)c1. The number of fused-ring (bicyclic) bond motifs is 2. The summed E-state index contributed by atoms with van der Waals surface area (Å²) in [5, 5.41) is 6.49. The number of amides is 2. The molecule has 3 atom stereocenters. The molecule has 0 bridgehead atoms. The molecule has 3 aliphatic rings. The normalized spacial score (nSPS) is 21.0. The van der Waals surface area contributed by atoms with E-state index >= 15 is 0 Å². The molecule has 6 heterocycles. The molecule has 3 aliphatic heterocycles. The van der Waals surface area contributed by atoms with Crippen LogP contribution in [0.4, 0.5) is 33.5 Å². The van der Waals surface area contributed by atoms with Crippen molar-refractivity contribution in [3.05, 3.63) is 71.0 Å². The molecule has 0 radical (unpaired) electrons. The molecule has 2 N–H and O–H groups in total. The van der Waals surface area contributed by atoms with Crippen LogP contribution in [0.25, 0.3) is 20.4 Å². The van der Waals surface area contributed by atoms with Crippen molar-refractivity contribution < 1.29 is 27.2 Å². The van der Waals surface area contributed by atoms with E-state index in [4.69, 9.17) is 11.6 Å². The van der Waals surface area contributed by atoms with E-state index in [2.05, 4.69) is 42.4 Å². The van der Waals surface area contributed by atoms with Gasteiger partial charge in [0.15, 0.2) is 21.9 Å². The van der Waals surface area contributed by atoms with Crippen molar-refractivity contribution in [3.8, 4) is 0 Å². The van der Waals surface area contributed by atoms with Gasteiger partial charge in [0, 0.05) is 43.1 Å². The van der Waals surface area contributed by atoms with Crippen LogP contribution >= 0.6 is 34.3 Å². The second-order valence-electron chi connectivity index (χ2n) is 13.1. The largest absolute Gasteiger partial charge is 0.359 e. The van der Waals surface area contributed by atoms with Crippen LogP contribution in [0.1, 0.15) is 38.5 Å². The van der Waals surface area contributed by atoms with Crippen molar-refractivity contribution in [1.82, 2.24) is 24.8 Å². The Labute approximate surface area is 309 Å². The Bertz CT molecular complexity index is 2120. The molecule has 0 aliphatic carbocycles. The number of hydrogen-bond donors (Lipinski definition) is 2. The van der Waals surface area contributed by atoms with Gasteiger partial charge in [0.05, 0.1) is 15.4 Å². The number of hydrogen-bond acceptors (Lipinski definition) is 10. The maximum absolute atomic E-state index is 13.8. The van der Waals surface area contributed by atoms with Crippen molar-refractivity contribution in [2.24, 2.45) is 0 Å². The van der Waals surface area contributed by atoms with Gasteiger partial charge in [-0.1, -0.05) is 40.7 Å². The van der Waals surface area contributed by atoms with Gasteiger partial charge in [0.1, 0.15) is 33.9 Å². The molecule has 2 amide bonds. The highest BCUT2D eigenvalue weighted by Gasteiger charge is 2.36. The van der Waals surface area contributed by atoms with Crippen LogP contribution in [0.2, 0.25) is 5.15 Å². The van der Waals surface area contributed by atoms with Crippen molar-refractivity contribution in [3.63, 3.8) is 0 Å². The first kappa shape index (κ1) is 36.4. The lowest BCUT2D eigenvalue weighted by Gasteiger charge is -2.38. The number of rotatable bonds is 6. The summed E-state index contributed by atoms with van der Waals surface area (Å²) in [5.74, 6) is -3.10. The van der Waals surface area contributed by atoms with Gasteiger partial charge in [-0.2, -0.15) is 0 Å². The molecular weight excluding hydrogens is 740 g/mol. The van der Waals surface area contributed by atoms with Crippen molar-refractivity contribution in [2.45, 2.75) is 56.7 Å². The fourth-order valence-corrected chi connectivity index (χ4v) is 9.16. The zero-order valence-electron chi connectivity index (χ0n) is 28.1. The van der Waals surface area contributed by atoms with Crippen LogP contribution in [-0.4, -0.2) is 87.9 Å². The first-order valence-electron chi connectivity index (χ1n) is 17.0. The maximum Gasteiger partial charge on any atom is 0.248 e. The predicted octanol–water partition coefficient (Wildman–Crippen LogP) is 7.30. The van der Waals surface area contributed by atoms with E-state index in [0.717, 1.165) is 98.8 Å². The molecule has 274 valence electrons. The monoisotopic (exact) mass is 774 g/mol. The molecule has 10 nitrogen and oxygen atoms in total. The van der Waals surface area contributed by atoms with Crippen LogP contribution in [0, 0.1) is 23.3 Å². The van der Waals surface area contributed by atoms with Crippen molar-refractivity contribution >= 4 is 82.5 Å². The second kappa shape index (κ2) is 15.6. The molecule has 0 saturated carbocycles. The molecule has 3 unspecified atom stereocenters. The Morgan fingerprint density at radius 1 is 0.788 bits per heavy atom. The van der Waals surface area contributed by atoms with E-state index in [0.29, 0.717) is 32.1 Å². The highest BCUT2D eigenvalue weighted by Crippen LogP contribution is 2.33. The third-order valence-electron chi connectivity index (χ3n) is 9.57. The summed E-state index contributed by atoms with van der Waals surface area (Å²) in [6.07, 6.45) is 7.16. The van der Waals surface area contributed by atoms with Crippen LogP contribution in [0.3, 0.4) is 0 Å². The average Bonchev–Trinajstić information content (AvgIpc) is 3.92. The van der Waals surface area contributed by atoms with Crippen LogP contribution in [-0.2, 0) is 9.59 Å². The molecule has 2 aromatic carbocycles. The first-order chi connectivity index (χ1) is 25.0. The highest BCUT2D eigenvalue weighted by molar-refractivity contribution is 7.22. The van der Waals surface area contributed by atoms with Gasteiger partial charge in [0.2, 0.25) is 11.8 Å². The fourth-order valence-electron chi connectivity index (χ4n) is 7.17. The van der Waals surface area contributed by atoms with Gasteiger partial charge in [-0.05, 0) is 76.5 Å². The second-order valence-corrected chi connectivity index (χ2v) is 15.6. The number of benzene rings is 2. The number of halogens is 5. The number of nitrogens with zero attached hydrogens (tertiary/aromatic N) is 6. The quantitative estimate of drug-likeness (QED) is 0.137. The minimum Gasteiger partial charge on any atom is -0.359 e. The Hall–Kier alpha value is -3.96. The molecular formula is C35H35ClF4N8O2S2. The third kappa shape index (κ3) is 8.00. The van der Waals surface area contributed by atoms with E-state index in [-0.39, 0.29) is 40.1 Å². The van der Waals surface area contributed by atoms with E-state index in [1.165, 1.54) is 12.1 Å². The number of anilines is 3. The minimum absolute atomic E-state index is 0.0518. The van der Waals surface area contributed by atoms with E-state index in [1.807, 2.05) is 4.90 Å². The summed E-state index contributed by atoms with van der Waals surface area (Å²) >= 11 is 8.08. The van der Waals surface area contributed by atoms with E-state index in [1.54, 1.807) is 18.3 Å². The topological polar surface area (TPSA) is 107 Å². The number of nitrogens with one attached hydrogen (secondary N) is 2. The van der Waals surface area contributed by atoms with Crippen LogP contribution < -0.4 is 15.5 Å². The van der Waals surface area contributed by atoms with Crippen molar-refractivity contribution in [1.29, 1.82) is 0 Å². The molecule has 8 rings (SSSR count). The highest BCUT2D eigenvalue weighted by atomic mass is 35.5. The summed E-state index contributed by atoms with van der Waals surface area (Å²) in [6, 6.07) is 7.37. The smallest absolute Gasteiger partial charge is 0.248 e. The lowest BCUT2D eigenvalue weighted by Crippen LogP contribution is -2.52. The zero-order valence-corrected chi connectivity index (χ0v) is 30.4. The number of thiazole rings is 2. The lowest BCUT2D eigenvalue weighted by atomic mass is 9.98. The molecule has 3 aromatic heterocycles. The number of likely N-dealkylation sites (N-methyl/N-ethyl adjacent to an activating group) is 1. The number of piperidine rings is 1. The van der Waals surface area contributed by atoms with Crippen LogP contribution in [0.5, 0.6) is 0 Å². The number of aromatic nitrogens is 3. The van der Waals surface area contributed by atoms with Crippen molar-refractivity contribution in [2.75, 3.05) is 48.8 Å². The summed E-state index contributed by atoms with van der Waals surface area (Å²) in [7, 11) is 2.10. The van der Waals surface area contributed by atoms with E-state index < -0.39 is 23.3 Å². The number of likely N-dealkylation sites (tertiary alicyclic amines) is 2. The predicted molar refractivity (Wildman–Crippen MR) is 196 cm³/mol.